The van der Waals surface area contributed by atoms with Crippen LogP contribution in [0, 0.1) is 5.92 Å². The molecule has 0 spiro atoms. The molecule has 1 aromatic rings. The summed E-state index contributed by atoms with van der Waals surface area (Å²) in [5.41, 5.74) is 2.65. The maximum atomic E-state index is 5.81. The van der Waals surface area contributed by atoms with E-state index in [0.717, 1.165) is 13.0 Å². The van der Waals surface area contributed by atoms with Crippen molar-refractivity contribution in [3.05, 3.63) is 41.5 Å². The van der Waals surface area contributed by atoms with Crippen molar-refractivity contribution in [2.75, 3.05) is 6.61 Å². The minimum absolute atomic E-state index is 0.0381. The molecule has 0 heterocycles. The molecule has 0 saturated heterocycles. The lowest BCUT2D eigenvalue weighted by Crippen LogP contribution is -2.22. The third-order valence-electron chi connectivity index (χ3n) is 3.23. The maximum Gasteiger partial charge on any atom is 0.0598 e. The Morgan fingerprint density at radius 3 is 2.45 bits per heavy atom. The summed E-state index contributed by atoms with van der Waals surface area (Å²) in [6.45, 7) is 13.8. The lowest BCUT2D eigenvalue weighted by molar-refractivity contribution is -0.0189. The van der Waals surface area contributed by atoms with E-state index in [9.17, 15) is 0 Å². The molecule has 1 heteroatoms. The molecular weight excluding hydrogens is 244 g/mol. The minimum atomic E-state index is -0.0381. The lowest BCUT2D eigenvalue weighted by Gasteiger charge is -2.21. The highest BCUT2D eigenvalue weighted by Gasteiger charge is 2.11. The van der Waals surface area contributed by atoms with Crippen LogP contribution in [-0.2, 0) is 4.74 Å². The normalized spacial score (nSPS) is 14.2. The number of hydrogen-bond donors (Lipinski definition) is 0. The highest BCUT2D eigenvalue weighted by Crippen LogP contribution is 2.17. The van der Waals surface area contributed by atoms with Crippen LogP contribution in [0.25, 0.3) is 6.08 Å². The quantitative estimate of drug-likeness (QED) is 0.650. The predicted molar refractivity (Wildman–Crippen MR) is 89.1 cm³/mol. The van der Waals surface area contributed by atoms with Crippen LogP contribution >= 0.6 is 0 Å². The van der Waals surface area contributed by atoms with Gasteiger partial charge in [-0.15, -0.1) is 0 Å². The van der Waals surface area contributed by atoms with Gasteiger partial charge in [-0.1, -0.05) is 57.2 Å². The highest BCUT2D eigenvalue weighted by atomic mass is 16.5. The van der Waals surface area contributed by atoms with Crippen LogP contribution in [0.3, 0.4) is 0 Å². The second-order valence-corrected chi connectivity index (χ2v) is 6.99. The molecule has 0 saturated carbocycles. The fourth-order valence-electron chi connectivity index (χ4n) is 1.92. The van der Waals surface area contributed by atoms with E-state index < -0.39 is 0 Å². The Balaban J connectivity index is 2.46. The van der Waals surface area contributed by atoms with E-state index in [0.29, 0.717) is 11.8 Å². The Labute approximate surface area is 125 Å². The number of hydrogen-bond acceptors (Lipinski definition) is 1. The van der Waals surface area contributed by atoms with Gasteiger partial charge in [0.15, 0.2) is 0 Å². The second-order valence-electron chi connectivity index (χ2n) is 6.99. The Kier molecular flexibility index (Phi) is 6.48. The zero-order valence-electron chi connectivity index (χ0n) is 13.9. The summed E-state index contributed by atoms with van der Waals surface area (Å²) in [6, 6.07) is 8.78. The highest BCUT2D eigenvalue weighted by molar-refractivity contribution is 5.50. The molecule has 0 N–H and O–H groups in total. The lowest BCUT2D eigenvalue weighted by atomic mass is 10.0. The monoisotopic (exact) mass is 274 g/mol. The van der Waals surface area contributed by atoms with Crippen molar-refractivity contribution in [2.45, 2.75) is 59.5 Å². The third kappa shape index (κ3) is 6.91. The van der Waals surface area contributed by atoms with E-state index in [-0.39, 0.29) is 5.60 Å². The molecule has 1 rings (SSSR count). The van der Waals surface area contributed by atoms with Crippen molar-refractivity contribution >= 4 is 6.08 Å². The molecule has 20 heavy (non-hydrogen) atoms. The Hall–Kier alpha value is -1.08. The van der Waals surface area contributed by atoms with Crippen LogP contribution in [0.5, 0.6) is 0 Å². The van der Waals surface area contributed by atoms with Gasteiger partial charge in [0.25, 0.3) is 0 Å². The zero-order valence-corrected chi connectivity index (χ0v) is 13.9. The van der Waals surface area contributed by atoms with Crippen LogP contribution < -0.4 is 0 Å². The van der Waals surface area contributed by atoms with Crippen LogP contribution in [0.15, 0.2) is 30.3 Å². The van der Waals surface area contributed by atoms with E-state index in [1.54, 1.807) is 0 Å². The topological polar surface area (TPSA) is 9.23 Å². The first-order valence-corrected chi connectivity index (χ1v) is 7.68. The summed E-state index contributed by atoms with van der Waals surface area (Å²) < 4.78 is 5.81. The van der Waals surface area contributed by atoms with Crippen molar-refractivity contribution in [3.63, 3.8) is 0 Å². The average molecular weight is 274 g/mol. The van der Waals surface area contributed by atoms with Crippen molar-refractivity contribution in [1.29, 1.82) is 0 Å². The van der Waals surface area contributed by atoms with Crippen LogP contribution in [0.2, 0.25) is 0 Å². The van der Waals surface area contributed by atoms with Crippen LogP contribution in [-0.4, -0.2) is 12.2 Å². The smallest absolute Gasteiger partial charge is 0.0598 e. The fourth-order valence-corrected chi connectivity index (χ4v) is 1.92. The van der Waals surface area contributed by atoms with Crippen molar-refractivity contribution in [1.82, 2.24) is 0 Å². The van der Waals surface area contributed by atoms with E-state index in [4.69, 9.17) is 4.74 Å². The molecule has 1 atom stereocenters. The molecule has 0 unspecified atom stereocenters. The minimum Gasteiger partial charge on any atom is -0.376 e. The Morgan fingerprint density at radius 1 is 1.15 bits per heavy atom. The SMILES string of the molecule is CC(C)c1cccc(/C=C/C[C@H](C)COC(C)(C)C)c1. The largest absolute Gasteiger partial charge is 0.376 e. The van der Waals surface area contributed by atoms with Crippen LogP contribution in [0.4, 0.5) is 0 Å². The standard InChI is InChI=1S/C19H30O/c1-15(2)18-12-8-11-17(13-18)10-7-9-16(3)14-20-19(4,5)6/h7-8,10-13,15-16H,9,14H2,1-6H3/b10-7+/t16-/m0/s1. The van der Waals surface area contributed by atoms with Crippen molar-refractivity contribution in [2.24, 2.45) is 5.92 Å². The summed E-state index contributed by atoms with van der Waals surface area (Å²) in [7, 11) is 0. The Bertz CT molecular complexity index is 424. The fraction of sp³-hybridized carbons (Fsp3) is 0.579. The number of benzene rings is 1. The number of ether oxygens (including phenoxy) is 1. The molecule has 1 aromatic carbocycles. The Morgan fingerprint density at radius 2 is 1.85 bits per heavy atom. The van der Waals surface area contributed by atoms with Gasteiger partial charge in [0.2, 0.25) is 0 Å². The second kappa shape index (κ2) is 7.64. The van der Waals surface area contributed by atoms with E-state index in [1.165, 1.54) is 11.1 Å². The number of rotatable bonds is 6. The van der Waals surface area contributed by atoms with Gasteiger partial charge in [-0.05, 0) is 50.2 Å². The molecule has 1 nitrogen and oxygen atoms in total. The van der Waals surface area contributed by atoms with Gasteiger partial charge in [-0.25, -0.2) is 0 Å². The summed E-state index contributed by atoms with van der Waals surface area (Å²) >= 11 is 0. The van der Waals surface area contributed by atoms with Crippen molar-refractivity contribution in [3.8, 4) is 0 Å². The molecule has 0 aliphatic heterocycles. The first-order chi connectivity index (χ1) is 9.28. The van der Waals surface area contributed by atoms with Crippen LogP contribution in [0.1, 0.15) is 65.0 Å². The summed E-state index contributed by atoms with van der Waals surface area (Å²) in [5, 5.41) is 0. The van der Waals surface area contributed by atoms with E-state index >= 15 is 0 Å². The maximum absolute atomic E-state index is 5.81. The summed E-state index contributed by atoms with van der Waals surface area (Å²) in [5.74, 6) is 1.14. The molecule has 0 aromatic heterocycles. The molecule has 0 radical (unpaired) electrons. The first kappa shape index (κ1) is 17.0. The van der Waals surface area contributed by atoms with Gasteiger partial charge in [0, 0.05) is 0 Å². The molecular formula is C19H30O. The van der Waals surface area contributed by atoms with Gasteiger partial charge in [-0.3, -0.25) is 0 Å². The number of allylic oxidation sites excluding steroid dienone is 1. The van der Waals surface area contributed by atoms with Gasteiger partial charge in [0.1, 0.15) is 0 Å². The van der Waals surface area contributed by atoms with Gasteiger partial charge in [-0.2, -0.15) is 0 Å². The van der Waals surface area contributed by atoms with Crippen molar-refractivity contribution < 1.29 is 4.74 Å². The molecule has 0 bridgehead atoms. The molecule has 0 aliphatic rings. The molecule has 0 fully saturated rings. The first-order valence-electron chi connectivity index (χ1n) is 7.68. The molecule has 112 valence electrons. The average Bonchev–Trinajstić information content (AvgIpc) is 2.36. The summed E-state index contributed by atoms with van der Waals surface area (Å²) in [4.78, 5) is 0. The van der Waals surface area contributed by atoms with E-state index in [1.807, 2.05) is 0 Å². The van der Waals surface area contributed by atoms with Gasteiger partial charge >= 0.3 is 0 Å². The third-order valence-corrected chi connectivity index (χ3v) is 3.23. The van der Waals surface area contributed by atoms with Gasteiger partial charge < -0.3 is 4.74 Å². The zero-order chi connectivity index (χ0) is 15.2. The molecule has 0 aliphatic carbocycles. The van der Waals surface area contributed by atoms with Gasteiger partial charge in [0.05, 0.1) is 12.2 Å². The summed E-state index contributed by atoms with van der Waals surface area (Å²) in [6.07, 6.45) is 5.54. The van der Waals surface area contributed by atoms with E-state index in [2.05, 4.69) is 78.0 Å². The molecule has 0 amide bonds. The predicted octanol–water partition coefficient (Wildman–Crippen LogP) is 5.66.